The number of hydrogen-bond acceptors (Lipinski definition) is 4. The number of nitrogens with one attached hydrogen (secondary N) is 1. The normalized spacial score (nSPS) is 12.6. The van der Waals surface area contributed by atoms with Crippen LogP contribution in [0.2, 0.25) is 0 Å². The molecule has 4 aromatic rings. The monoisotopic (exact) mass is 374 g/mol. The van der Waals surface area contributed by atoms with Gasteiger partial charge in [-0.1, -0.05) is 68.4 Å². The van der Waals surface area contributed by atoms with Gasteiger partial charge in [-0.25, -0.2) is 14.8 Å². The molecule has 1 atom stereocenters. The molecular formula is C22H22N4O2. The number of H-pyrrole nitrogens is 1. The van der Waals surface area contributed by atoms with Gasteiger partial charge in [-0.05, 0) is 17.0 Å². The van der Waals surface area contributed by atoms with Gasteiger partial charge < -0.3 is 10.1 Å². The number of aromatic amines is 1. The maximum Gasteiger partial charge on any atom is 0.327 e. The van der Waals surface area contributed by atoms with Gasteiger partial charge in [0.15, 0.2) is 11.5 Å². The lowest BCUT2D eigenvalue weighted by Crippen LogP contribution is -2.21. The highest BCUT2D eigenvalue weighted by Crippen LogP contribution is 2.27. The lowest BCUT2D eigenvalue weighted by Gasteiger charge is -2.13. The van der Waals surface area contributed by atoms with Crippen molar-refractivity contribution in [2.75, 3.05) is 0 Å². The lowest BCUT2D eigenvalue weighted by atomic mass is 9.97. The van der Waals surface area contributed by atoms with Crippen LogP contribution in [0, 0.1) is 0 Å². The van der Waals surface area contributed by atoms with E-state index in [4.69, 9.17) is 0 Å². The minimum atomic E-state index is -0.806. The number of imidazole rings is 1. The van der Waals surface area contributed by atoms with Crippen molar-refractivity contribution in [3.8, 4) is 11.4 Å². The standard InChI is InChI=1S/C22H22N4O2/c1-14(2)16-10-6-7-11-17(16)20-23-12-18-21(25-20)26(22(28)24-18)13-19(27)15-8-4-3-5-9-15/h3-12,14,19,27H,13H2,1-2H3,(H,24,28)/t19-/m0/s1. The van der Waals surface area contributed by atoms with E-state index in [-0.39, 0.29) is 12.2 Å². The molecule has 4 rings (SSSR count). The second-order valence-electron chi connectivity index (χ2n) is 7.14. The molecule has 0 radical (unpaired) electrons. The summed E-state index contributed by atoms with van der Waals surface area (Å²) in [6.45, 7) is 4.37. The Morgan fingerprint density at radius 2 is 1.79 bits per heavy atom. The Balaban J connectivity index is 1.78. The molecular weight excluding hydrogens is 352 g/mol. The zero-order chi connectivity index (χ0) is 19.7. The molecule has 0 saturated carbocycles. The van der Waals surface area contributed by atoms with Gasteiger partial charge in [0, 0.05) is 5.56 Å². The number of benzene rings is 2. The summed E-state index contributed by atoms with van der Waals surface area (Å²) in [5.74, 6) is 0.891. The van der Waals surface area contributed by atoms with E-state index >= 15 is 0 Å². The summed E-state index contributed by atoms with van der Waals surface area (Å²) in [5, 5.41) is 10.6. The highest BCUT2D eigenvalue weighted by Gasteiger charge is 2.17. The minimum absolute atomic E-state index is 0.116. The van der Waals surface area contributed by atoms with Crippen LogP contribution in [0.25, 0.3) is 22.6 Å². The van der Waals surface area contributed by atoms with E-state index in [1.807, 2.05) is 48.5 Å². The van der Waals surface area contributed by atoms with Gasteiger partial charge >= 0.3 is 5.69 Å². The predicted molar refractivity (Wildman–Crippen MR) is 109 cm³/mol. The summed E-state index contributed by atoms with van der Waals surface area (Å²) < 4.78 is 1.47. The van der Waals surface area contributed by atoms with Crippen LogP contribution in [-0.2, 0) is 6.54 Å². The molecule has 6 heteroatoms. The van der Waals surface area contributed by atoms with Crippen LogP contribution in [0.5, 0.6) is 0 Å². The van der Waals surface area contributed by atoms with Crippen molar-refractivity contribution in [2.45, 2.75) is 32.4 Å². The highest BCUT2D eigenvalue weighted by atomic mass is 16.3. The van der Waals surface area contributed by atoms with Crippen molar-refractivity contribution in [3.05, 3.63) is 82.4 Å². The first-order valence-corrected chi connectivity index (χ1v) is 9.32. The lowest BCUT2D eigenvalue weighted by molar-refractivity contribution is 0.156. The summed E-state index contributed by atoms with van der Waals surface area (Å²) in [5.41, 5.74) is 3.58. The maximum atomic E-state index is 12.5. The van der Waals surface area contributed by atoms with E-state index in [2.05, 4.69) is 34.9 Å². The molecule has 0 aliphatic rings. The summed E-state index contributed by atoms with van der Waals surface area (Å²) >= 11 is 0. The third-order valence-corrected chi connectivity index (χ3v) is 4.87. The Morgan fingerprint density at radius 1 is 1.07 bits per heavy atom. The van der Waals surface area contributed by atoms with E-state index in [1.54, 1.807) is 6.20 Å². The summed E-state index contributed by atoms with van der Waals surface area (Å²) in [7, 11) is 0. The topological polar surface area (TPSA) is 83.8 Å². The molecule has 0 bridgehead atoms. The smallest absolute Gasteiger partial charge is 0.327 e. The van der Waals surface area contributed by atoms with E-state index in [1.165, 1.54) is 4.57 Å². The predicted octanol–water partition coefficient (Wildman–Crippen LogP) is 3.64. The van der Waals surface area contributed by atoms with Gasteiger partial charge in [0.2, 0.25) is 0 Å². The van der Waals surface area contributed by atoms with Crippen molar-refractivity contribution in [2.24, 2.45) is 0 Å². The van der Waals surface area contributed by atoms with Crippen LogP contribution >= 0.6 is 0 Å². The summed E-state index contributed by atoms with van der Waals surface area (Å²) in [4.78, 5) is 24.3. The molecule has 0 aliphatic heterocycles. The fraction of sp³-hybridized carbons (Fsp3) is 0.227. The SMILES string of the molecule is CC(C)c1ccccc1-c1ncc2[nH]c(=O)n(C[C@H](O)c3ccccc3)c2n1. The number of hydrogen-bond donors (Lipinski definition) is 2. The average Bonchev–Trinajstić information content (AvgIpc) is 3.03. The Morgan fingerprint density at radius 3 is 2.54 bits per heavy atom. The van der Waals surface area contributed by atoms with Crippen LogP contribution in [0.3, 0.4) is 0 Å². The Labute approximate surface area is 162 Å². The molecule has 0 fully saturated rings. The second-order valence-corrected chi connectivity index (χ2v) is 7.14. The number of fused-ring (bicyclic) bond motifs is 1. The molecule has 2 heterocycles. The Bertz CT molecular complexity index is 1160. The van der Waals surface area contributed by atoms with Gasteiger partial charge in [-0.15, -0.1) is 0 Å². The van der Waals surface area contributed by atoms with Crippen LogP contribution in [0.15, 0.2) is 65.6 Å². The van der Waals surface area contributed by atoms with Crippen molar-refractivity contribution in [1.29, 1.82) is 0 Å². The fourth-order valence-electron chi connectivity index (χ4n) is 3.40. The minimum Gasteiger partial charge on any atom is -0.387 e. The van der Waals surface area contributed by atoms with Crippen molar-refractivity contribution < 1.29 is 5.11 Å². The Kier molecular flexibility index (Phi) is 4.79. The third kappa shape index (κ3) is 3.34. The first kappa shape index (κ1) is 18.1. The molecule has 6 nitrogen and oxygen atoms in total. The zero-order valence-corrected chi connectivity index (χ0v) is 15.8. The Hall–Kier alpha value is -3.25. The molecule has 2 N–H and O–H groups in total. The largest absolute Gasteiger partial charge is 0.387 e. The average molecular weight is 374 g/mol. The molecule has 0 spiro atoms. The highest BCUT2D eigenvalue weighted by molar-refractivity contribution is 5.73. The zero-order valence-electron chi connectivity index (χ0n) is 15.8. The van der Waals surface area contributed by atoms with E-state index in [9.17, 15) is 9.90 Å². The van der Waals surface area contributed by atoms with Crippen LogP contribution < -0.4 is 5.69 Å². The number of aliphatic hydroxyl groups excluding tert-OH is 1. The quantitative estimate of drug-likeness (QED) is 0.559. The number of aliphatic hydroxyl groups is 1. The van der Waals surface area contributed by atoms with Gasteiger partial charge in [0.25, 0.3) is 0 Å². The van der Waals surface area contributed by atoms with Crippen molar-refractivity contribution in [1.82, 2.24) is 19.5 Å². The molecule has 142 valence electrons. The molecule has 0 amide bonds. The van der Waals surface area contributed by atoms with Crippen LogP contribution in [0.4, 0.5) is 0 Å². The van der Waals surface area contributed by atoms with Gasteiger partial charge in [0.05, 0.1) is 18.8 Å². The third-order valence-electron chi connectivity index (χ3n) is 4.87. The first-order chi connectivity index (χ1) is 13.5. The van der Waals surface area contributed by atoms with Gasteiger partial charge in [-0.2, -0.15) is 0 Å². The molecule has 2 aromatic heterocycles. The molecule has 2 aromatic carbocycles. The van der Waals surface area contributed by atoms with Crippen molar-refractivity contribution in [3.63, 3.8) is 0 Å². The van der Waals surface area contributed by atoms with Gasteiger partial charge in [0.1, 0.15) is 5.52 Å². The maximum absolute atomic E-state index is 12.5. The van der Waals surface area contributed by atoms with E-state index in [0.29, 0.717) is 22.9 Å². The molecule has 0 aliphatic carbocycles. The number of nitrogens with zero attached hydrogens (tertiary/aromatic N) is 3. The van der Waals surface area contributed by atoms with E-state index in [0.717, 1.165) is 16.7 Å². The number of rotatable bonds is 5. The van der Waals surface area contributed by atoms with Crippen LogP contribution in [-0.4, -0.2) is 24.6 Å². The molecule has 0 saturated heterocycles. The fourth-order valence-corrected chi connectivity index (χ4v) is 3.40. The van der Waals surface area contributed by atoms with E-state index < -0.39 is 6.10 Å². The van der Waals surface area contributed by atoms with Crippen molar-refractivity contribution >= 4 is 11.2 Å². The second kappa shape index (κ2) is 7.40. The van der Waals surface area contributed by atoms with Gasteiger partial charge in [-0.3, -0.25) is 4.57 Å². The molecule has 0 unspecified atom stereocenters. The number of aromatic nitrogens is 4. The first-order valence-electron chi connectivity index (χ1n) is 9.32. The molecule has 28 heavy (non-hydrogen) atoms. The summed E-state index contributed by atoms with van der Waals surface area (Å²) in [6, 6.07) is 17.3. The van der Waals surface area contributed by atoms with Crippen LogP contribution in [0.1, 0.15) is 37.0 Å². The summed E-state index contributed by atoms with van der Waals surface area (Å²) in [6.07, 6.45) is 0.820.